The van der Waals surface area contributed by atoms with Gasteiger partial charge < -0.3 is 0 Å². The zero-order chi connectivity index (χ0) is 11.4. The lowest BCUT2D eigenvalue weighted by molar-refractivity contribution is 1.32. The van der Waals surface area contributed by atoms with E-state index < -0.39 is 0 Å². The summed E-state index contributed by atoms with van der Waals surface area (Å²) in [6.45, 7) is 7.66. The van der Waals surface area contributed by atoms with Crippen LogP contribution in [0.15, 0.2) is 55.8 Å². The van der Waals surface area contributed by atoms with Crippen LogP contribution in [0, 0.1) is 0 Å². The molecule has 0 spiro atoms. The third-order valence-electron chi connectivity index (χ3n) is 2.49. The van der Waals surface area contributed by atoms with Gasteiger partial charge in [-0.2, -0.15) is 0 Å². The quantitative estimate of drug-likeness (QED) is 0.740. The minimum Gasteiger partial charge on any atom is -0.256 e. The van der Waals surface area contributed by atoms with E-state index in [1.54, 1.807) is 6.20 Å². The highest BCUT2D eigenvalue weighted by Crippen LogP contribution is 2.27. The van der Waals surface area contributed by atoms with E-state index in [-0.39, 0.29) is 0 Å². The van der Waals surface area contributed by atoms with Gasteiger partial charge in [-0.1, -0.05) is 49.6 Å². The third-order valence-corrected chi connectivity index (χ3v) is 2.49. The number of rotatable bonds is 3. The van der Waals surface area contributed by atoms with Crippen molar-refractivity contribution in [3.05, 3.63) is 66.9 Å². The number of hydrogen-bond donors (Lipinski definition) is 0. The van der Waals surface area contributed by atoms with Gasteiger partial charge in [-0.15, -0.1) is 0 Å². The third kappa shape index (κ3) is 1.80. The van der Waals surface area contributed by atoms with E-state index in [1.165, 1.54) is 0 Å². The van der Waals surface area contributed by atoms with Gasteiger partial charge in [0.05, 0.1) is 5.69 Å². The molecule has 1 heterocycles. The van der Waals surface area contributed by atoms with Crippen molar-refractivity contribution in [2.45, 2.75) is 0 Å². The molecule has 0 bridgehead atoms. The average molecular weight is 207 g/mol. The molecule has 0 saturated carbocycles. The summed E-state index contributed by atoms with van der Waals surface area (Å²) in [6, 6.07) is 12.0. The lowest BCUT2D eigenvalue weighted by Gasteiger charge is -2.09. The number of aromatic nitrogens is 1. The summed E-state index contributed by atoms with van der Waals surface area (Å²) in [7, 11) is 0. The van der Waals surface area contributed by atoms with Crippen molar-refractivity contribution in [3.63, 3.8) is 0 Å². The van der Waals surface area contributed by atoms with E-state index >= 15 is 0 Å². The lowest BCUT2D eigenvalue weighted by atomic mass is 9.97. The minimum atomic E-state index is 0.952. The molecule has 0 N–H and O–H groups in total. The molecular formula is C15H13N. The van der Waals surface area contributed by atoms with Crippen molar-refractivity contribution < 1.29 is 0 Å². The zero-order valence-corrected chi connectivity index (χ0v) is 9.06. The molecule has 0 amide bonds. The first-order valence-corrected chi connectivity index (χ1v) is 5.16. The fourth-order valence-electron chi connectivity index (χ4n) is 1.74. The Morgan fingerprint density at radius 3 is 2.06 bits per heavy atom. The molecule has 2 rings (SSSR count). The van der Waals surface area contributed by atoms with Gasteiger partial charge in [0, 0.05) is 11.8 Å². The van der Waals surface area contributed by atoms with Crippen LogP contribution >= 0.6 is 0 Å². The zero-order valence-electron chi connectivity index (χ0n) is 9.06. The molecule has 1 aromatic heterocycles. The van der Waals surface area contributed by atoms with Gasteiger partial charge in [0.25, 0.3) is 0 Å². The standard InChI is InChI=1S/C15H13N/c1-3-12-8-7-9-13(4-2)15(12)14-10-5-6-11-16-14/h3-11H,1-2H2. The summed E-state index contributed by atoms with van der Waals surface area (Å²) >= 11 is 0. The number of hydrogen-bond acceptors (Lipinski definition) is 1. The van der Waals surface area contributed by atoms with Crippen molar-refractivity contribution in [3.8, 4) is 11.3 Å². The average Bonchev–Trinajstić information content (AvgIpc) is 2.38. The molecule has 1 nitrogen and oxygen atoms in total. The highest BCUT2D eigenvalue weighted by atomic mass is 14.7. The molecule has 1 heteroatoms. The second kappa shape index (κ2) is 4.58. The summed E-state index contributed by atoms with van der Waals surface area (Å²) in [5.74, 6) is 0. The van der Waals surface area contributed by atoms with Crippen molar-refractivity contribution in [1.82, 2.24) is 4.98 Å². The molecule has 0 aliphatic rings. The molecule has 16 heavy (non-hydrogen) atoms. The molecule has 0 aliphatic carbocycles. The first-order chi connectivity index (χ1) is 7.86. The maximum absolute atomic E-state index is 4.37. The van der Waals surface area contributed by atoms with Crippen LogP contribution in [-0.4, -0.2) is 4.98 Å². The number of benzene rings is 1. The number of pyridine rings is 1. The van der Waals surface area contributed by atoms with Crippen molar-refractivity contribution >= 4 is 12.2 Å². The number of nitrogens with zero attached hydrogens (tertiary/aromatic N) is 1. The summed E-state index contributed by atoms with van der Waals surface area (Å²) in [6.07, 6.45) is 5.48. The molecule has 0 atom stereocenters. The largest absolute Gasteiger partial charge is 0.256 e. The van der Waals surface area contributed by atoms with Gasteiger partial charge in [0.15, 0.2) is 0 Å². The molecule has 0 aliphatic heterocycles. The predicted octanol–water partition coefficient (Wildman–Crippen LogP) is 4.03. The van der Waals surface area contributed by atoms with E-state index in [4.69, 9.17) is 0 Å². The Morgan fingerprint density at radius 1 is 0.875 bits per heavy atom. The van der Waals surface area contributed by atoms with E-state index in [1.807, 2.05) is 48.6 Å². The second-order valence-electron chi connectivity index (χ2n) is 3.43. The monoisotopic (exact) mass is 207 g/mol. The van der Waals surface area contributed by atoms with Crippen molar-refractivity contribution in [2.24, 2.45) is 0 Å². The van der Waals surface area contributed by atoms with E-state index in [0.717, 1.165) is 22.4 Å². The molecule has 0 saturated heterocycles. The Labute approximate surface area is 95.8 Å². The van der Waals surface area contributed by atoms with Crippen LogP contribution < -0.4 is 0 Å². The van der Waals surface area contributed by atoms with Crippen LogP contribution in [0.2, 0.25) is 0 Å². The normalized spacial score (nSPS) is 9.75. The second-order valence-corrected chi connectivity index (χ2v) is 3.43. The highest BCUT2D eigenvalue weighted by molar-refractivity contribution is 5.80. The van der Waals surface area contributed by atoms with Crippen LogP contribution in [0.5, 0.6) is 0 Å². The molecular weight excluding hydrogens is 194 g/mol. The topological polar surface area (TPSA) is 12.9 Å². The Morgan fingerprint density at radius 2 is 1.56 bits per heavy atom. The molecule has 2 aromatic rings. The fraction of sp³-hybridized carbons (Fsp3) is 0. The molecule has 1 aromatic carbocycles. The molecule has 0 fully saturated rings. The van der Waals surface area contributed by atoms with Gasteiger partial charge in [-0.25, -0.2) is 0 Å². The molecule has 78 valence electrons. The Hall–Kier alpha value is -2.15. The van der Waals surface area contributed by atoms with E-state index in [2.05, 4.69) is 18.1 Å². The van der Waals surface area contributed by atoms with Gasteiger partial charge in [-0.05, 0) is 23.3 Å². The first kappa shape index (κ1) is 10.4. The Balaban J connectivity index is 2.71. The Kier molecular flexibility index (Phi) is 2.97. The summed E-state index contributed by atoms with van der Waals surface area (Å²) in [5, 5.41) is 0. The molecule has 0 radical (unpaired) electrons. The van der Waals surface area contributed by atoms with Gasteiger partial charge in [0.2, 0.25) is 0 Å². The van der Waals surface area contributed by atoms with Crippen molar-refractivity contribution in [2.75, 3.05) is 0 Å². The van der Waals surface area contributed by atoms with E-state index in [9.17, 15) is 0 Å². The van der Waals surface area contributed by atoms with Crippen LogP contribution in [-0.2, 0) is 0 Å². The fourth-order valence-corrected chi connectivity index (χ4v) is 1.74. The van der Waals surface area contributed by atoms with Crippen LogP contribution in [0.4, 0.5) is 0 Å². The smallest absolute Gasteiger partial charge is 0.0713 e. The van der Waals surface area contributed by atoms with Gasteiger partial charge in [0.1, 0.15) is 0 Å². The lowest BCUT2D eigenvalue weighted by Crippen LogP contribution is -1.89. The van der Waals surface area contributed by atoms with E-state index in [0.29, 0.717) is 0 Å². The maximum atomic E-state index is 4.37. The summed E-state index contributed by atoms with van der Waals surface area (Å²) < 4.78 is 0. The maximum Gasteiger partial charge on any atom is 0.0713 e. The Bertz CT molecular complexity index is 486. The first-order valence-electron chi connectivity index (χ1n) is 5.16. The van der Waals surface area contributed by atoms with Gasteiger partial charge in [-0.3, -0.25) is 4.98 Å². The summed E-state index contributed by atoms with van der Waals surface area (Å²) in [4.78, 5) is 4.37. The highest BCUT2D eigenvalue weighted by Gasteiger charge is 2.07. The van der Waals surface area contributed by atoms with Crippen LogP contribution in [0.3, 0.4) is 0 Å². The van der Waals surface area contributed by atoms with Crippen LogP contribution in [0.25, 0.3) is 23.4 Å². The van der Waals surface area contributed by atoms with Crippen LogP contribution in [0.1, 0.15) is 11.1 Å². The SMILES string of the molecule is C=Cc1cccc(C=C)c1-c1ccccn1. The van der Waals surface area contributed by atoms with Crippen molar-refractivity contribution in [1.29, 1.82) is 0 Å². The van der Waals surface area contributed by atoms with Gasteiger partial charge >= 0.3 is 0 Å². The minimum absolute atomic E-state index is 0.952. The predicted molar refractivity (Wildman–Crippen MR) is 69.9 cm³/mol. The molecule has 0 unspecified atom stereocenters. The summed E-state index contributed by atoms with van der Waals surface area (Å²) in [5.41, 5.74) is 4.20.